The Kier molecular flexibility index (Phi) is 11.5. The highest BCUT2D eigenvalue weighted by Gasteiger charge is 2.40. The molecule has 0 fully saturated rings. The summed E-state index contributed by atoms with van der Waals surface area (Å²) in [6, 6.07) is 5.13. The second kappa shape index (κ2) is 14.6. The highest BCUT2D eigenvalue weighted by atomic mass is 19.2. The molecule has 0 N–H and O–H groups in total. The van der Waals surface area contributed by atoms with Crippen LogP contribution in [-0.4, -0.2) is 28.5 Å². The van der Waals surface area contributed by atoms with Gasteiger partial charge >= 0.3 is 7.32 Å². The Morgan fingerprint density at radius 2 is 0.878 bits per heavy atom. The van der Waals surface area contributed by atoms with Gasteiger partial charge in [-0.1, -0.05) is 18.7 Å². The quantitative estimate of drug-likeness (QED) is 0.0456. The first-order valence-corrected chi connectivity index (χ1v) is 12.7. The Morgan fingerprint density at radius 3 is 1.22 bits per heavy atom. The van der Waals surface area contributed by atoms with E-state index < -0.39 is 106 Å². The zero-order valence-electron chi connectivity index (χ0n) is 24.4. The van der Waals surface area contributed by atoms with E-state index in [9.17, 15) is 65.9 Å². The molecule has 0 saturated heterocycles. The molecular weight excluding hydrogens is 706 g/mol. The van der Waals surface area contributed by atoms with Gasteiger partial charge in [0.05, 0.1) is 55.8 Å². The van der Waals surface area contributed by atoms with Gasteiger partial charge in [-0.25, -0.2) is 39.5 Å². The Labute approximate surface area is 265 Å². The van der Waals surface area contributed by atoms with E-state index >= 15 is 0 Å². The topological polar surface area (TPSA) is 27.7 Å². The Bertz CT molecular complexity index is 1780. The maximum Gasteiger partial charge on any atom is 0.864 e. The van der Waals surface area contributed by atoms with Crippen LogP contribution >= 0.6 is 0 Å². The highest BCUT2D eigenvalue weighted by Crippen LogP contribution is 2.36. The minimum Gasteiger partial charge on any atom is -0.489 e. The number of hydrogen-bond donors (Lipinski definition) is 0. The zero-order valence-corrected chi connectivity index (χ0v) is 24.4. The number of quaternary nitrogens is 1. The summed E-state index contributed by atoms with van der Waals surface area (Å²) < 4.78 is 213. The van der Waals surface area contributed by atoms with Gasteiger partial charge in [0.25, 0.3) is 0 Å². The van der Waals surface area contributed by atoms with Gasteiger partial charge in [-0.15, -0.1) is 6.07 Å². The fraction of sp³-hybridized carbons (Fsp3) is 0.103. The van der Waals surface area contributed by atoms with Crippen molar-refractivity contribution in [3.8, 4) is 17.2 Å². The largest absolute Gasteiger partial charge is 0.864 e. The van der Waals surface area contributed by atoms with E-state index in [4.69, 9.17) is 4.65 Å². The third-order valence-electron chi connectivity index (χ3n) is 5.95. The van der Waals surface area contributed by atoms with Crippen LogP contribution in [0.1, 0.15) is 5.56 Å². The Balaban J connectivity index is 0.000000501. The Hall–Kier alpha value is -5.01. The number of rotatable bonds is 8. The summed E-state index contributed by atoms with van der Waals surface area (Å²) >= 11 is 0. The van der Waals surface area contributed by atoms with Crippen molar-refractivity contribution in [2.24, 2.45) is 0 Å². The number of halogens is 15. The Morgan fingerprint density at radius 1 is 0.531 bits per heavy atom. The van der Waals surface area contributed by atoms with Gasteiger partial charge in [0.15, 0.2) is 11.5 Å². The summed E-state index contributed by atoms with van der Waals surface area (Å²) in [6.45, 7) is 3.57. The standard InChI is InChI=1S/C23H15BF10NO3.C6F5/c1-5-9-10(35(2,3)4)7-6-8-11(9)36-24(37-22-18(31)14(27)12(25)15(28)19(22)32)38-23-20(33)16(29)13(26)17(30)21(23)34;7-2-1-3(8)5(10)6(11)4(2)9/h5-8H,1H2,2-4H3;/q+1;-1. The minimum absolute atomic E-state index is 0.111. The lowest BCUT2D eigenvalue weighted by atomic mass is 10.1. The molecule has 0 aromatic heterocycles. The first-order valence-electron chi connectivity index (χ1n) is 12.7. The lowest BCUT2D eigenvalue weighted by Crippen LogP contribution is -2.39. The molecule has 0 radical (unpaired) electrons. The van der Waals surface area contributed by atoms with Crippen LogP contribution < -0.4 is 18.4 Å². The molecule has 0 amide bonds. The van der Waals surface area contributed by atoms with Gasteiger partial charge < -0.3 is 14.0 Å². The summed E-state index contributed by atoms with van der Waals surface area (Å²) in [5, 5.41) is 0. The van der Waals surface area contributed by atoms with E-state index in [0.29, 0.717) is 5.69 Å². The molecule has 20 heteroatoms. The summed E-state index contributed by atoms with van der Waals surface area (Å²) in [4.78, 5) is 0. The van der Waals surface area contributed by atoms with Gasteiger partial charge in [-0.3, -0.25) is 13.3 Å². The fourth-order valence-corrected chi connectivity index (χ4v) is 3.67. The molecule has 0 bridgehead atoms. The molecule has 0 aliphatic heterocycles. The summed E-state index contributed by atoms with van der Waals surface area (Å²) in [6.07, 6.45) is 1.21. The summed E-state index contributed by atoms with van der Waals surface area (Å²) in [5.74, 6) is -39.6. The van der Waals surface area contributed by atoms with Crippen LogP contribution in [0.15, 0.2) is 24.8 Å². The van der Waals surface area contributed by atoms with Crippen LogP contribution in [0, 0.1) is 93.3 Å². The molecule has 0 aliphatic carbocycles. The van der Waals surface area contributed by atoms with Crippen molar-refractivity contribution in [3.63, 3.8) is 0 Å². The fourth-order valence-electron chi connectivity index (χ4n) is 3.67. The number of benzene rings is 4. The molecule has 4 rings (SSSR count). The van der Waals surface area contributed by atoms with Crippen molar-refractivity contribution < 1.29 is 79.8 Å². The lowest BCUT2D eigenvalue weighted by molar-refractivity contribution is 0.260. The molecule has 0 unspecified atom stereocenters. The van der Waals surface area contributed by atoms with E-state index in [2.05, 4.69) is 15.9 Å². The predicted molar refractivity (Wildman–Crippen MR) is 141 cm³/mol. The SMILES string of the molecule is C=Cc1c(OB(Oc2c(F)c(F)c(F)c(F)c2F)Oc2c(F)c(F)c(F)c(F)c2F)cccc1[N+](C)(C)C.Fc1[c-]c(F)c(F)c(F)c1F. The second-order valence-corrected chi connectivity index (χ2v) is 10.0. The zero-order chi connectivity index (χ0) is 37.3. The maximum absolute atomic E-state index is 14.3. The molecule has 4 nitrogen and oxygen atoms in total. The molecule has 262 valence electrons. The van der Waals surface area contributed by atoms with Crippen molar-refractivity contribution in [3.05, 3.63) is 124 Å². The van der Waals surface area contributed by atoms with E-state index in [1.54, 1.807) is 27.2 Å². The van der Waals surface area contributed by atoms with Gasteiger partial charge in [0, 0.05) is 0 Å². The first kappa shape index (κ1) is 38.4. The number of nitrogens with zero attached hydrogens (tertiary/aromatic N) is 1. The van der Waals surface area contributed by atoms with Crippen molar-refractivity contribution in [2.45, 2.75) is 0 Å². The molecule has 4 aromatic carbocycles. The van der Waals surface area contributed by atoms with Crippen LogP contribution in [0.4, 0.5) is 71.5 Å². The molecule has 0 spiro atoms. The molecule has 4 aromatic rings. The van der Waals surface area contributed by atoms with Crippen LogP contribution in [-0.2, 0) is 0 Å². The normalized spacial score (nSPS) is 11.1. The van der Waals surface area contributed by atoms with Gasteiger partial charge in [0.1, 0.15) is 11.4 Å². The third kappa shape index (κ3) is 7.68. The summed E-state index contributed by atoms with van der Waals surface area (Å²) in [7, 11) is 2.21. The average molecular weight is 721 g/mol. The smallest absolute Gasteiger partial charge is 0.489 e. The highest BCUT2D eigenvalue weighted by molar-refractivity contribution is 6.39. The van der Waals surface area contributed by atoms with E-state index in [0.717, 1.165) is 12.1 Å². The van der Waals surface area contributed by atoms with Crippen molar-refractivity contribution in [2.75, 3.05) is 21.1 Å². The minimum atomic E-state index is -2.88. The molecular formula is C29H15BF15NO3. The van der Waals surface area contributed by atoms with E-state index in [-0.39, 0.29) is 15.8 Å². The van der Waals surface area contributed by atoms with Gasteiger partial charge in [0.2, 0.25) is 58.2 Å². The van der Waals surface area contributed by atoms with E-state index in [1.165, 1.54) is 12.1 Å². The van der Waals surface area contributed by atoms with E-state index in [1.807, 2.05) is 0 Å². The van der Waals surface area contributed by atoms with Crippen LogP contribution in [0.5, 0.6) is 17.2 Å². The van der Waals surface area contributed by atoms with Crippen molar-refractivity contribution in [1.82, 2.24) is 4.48 Å². The average Bonchev–Trinajstić information content (AvgIpc) is 3.06. The van der Waals surface area contributed by atoms with Crippen LogP contribution in [0.3, 0.4) is 0 Å². The molecule has 0 aliphatic rings. The van der Waals surface area contributed by atoms with Crippen molar-refractivity contribution in [1.29, 1.82) is 0 Å². The predicted octanol–water partition coefficient (Wildman–Crippen LogP) is 8.62. The molecule has 0 heterocycles. The molecule has 0 saturated carbocycles. The van der Waals surface area contributed by atoms with Crippen molar-refractivity contribution >= 4 is 19.1 Å². The molecule has 0 atom stereocenters. The monoisotopic (exact) mass is 721 g/mol. The van der Waals surface area contributed by atoms with Crippen LogP contribution in [0.2, 0.25) is 0 Å². The van der Waals surface area contributed by atoms with Gasteiger partial charge in [-0.05, 0) is 12.1 Å². The van der Waals surface area contributed by atoms with Crippen LogP contribution in [0.25, 0.3) is 6.08 Å². The first-order chi connectivity index (χ1) is 22.6. The lowest BCUT2D eigenvalue weighted by Gasteiger charge is -2.27. The number of hydrogen-bond acceptors (Lipinski definition) is 3. The summed E-state index contributed by atoms with van der Waals surface area (Å²) in [5.41, 5.74) is 0.593. The maximum atomic E-state index is 14.3. The second-order valence-electron chi connectivity index (χ2n) is 10.0. The molecule has 49 heavy (non-hydrogen) atoms. The van der Waals surface area contributed by atoms with Gasteiger partial charge in [-0.2, -0.15) is 17.6 Å². The third-order valence-corrected chi connectivity index (χ3v) is 5.95.